The molecule has 4 amide bonds. The van der Waals surface area contributed by atoms with E-state index in [1.165, 1.54) is 13.8 Å². The van der Waals surface area contributed by atoms with Gasteiger partial charge in [-0.2, -0.15) is 5.26 Å². The fourth-order valence-electron chi connectivity index (χ4n) is 4.54. The second-order valence-corrected chi connectivity index (χ2v) is 12.7. The van der Waals surface area contributed by atoms with E-state index in [0.29, 0.717) is 15.4 Å². The van der Waals surface area contributed by atoms with Crippen LogP contribution in [-0.2, 0) is 26.8 Å². The lowest BCUT2D eigenvalue weighted by Crippen LogP contribution is -2.47. The first kappa shape index (κ1) is 30.2. The molecule has 0 bridgehead atoms. The maximum Gasteiger partial charge on any atom is 0.341 e. The van der Waals surface area contributed by atoms with Gasteiger partial charge in [-0.25, -0.2) is 17.5 Å². The molecule has 10 nitrogen and oxygen atoms in total. The molecule has 0 saturated carbocycles. The van der Waals surface area contributed by atoms with E-state index in [4.69, 9.17) is 33.7 Å². The summed E-state index contributed by atoms with van der Waals surface area (Å²) in [5.74, 6) is -1.09. The summed E-state index contributed by atoms with van der Waals surface area (Å²) in [6.07, 6.45) is 0.843. The Morgan fingerprint density at radius 2 is 1.82 bits per heavy atom. The van der Waals surface area contributed by atoms with Crippen LogP contribution in [0.1, 0.15) is 60.3 Å². The van der Waals surface area contributed by atoms with Crippen molar-refractivity contribution >= 4 is 51.1 Å². The predicted molar refractivity (Wildman–Crippen MR) is 146 cm³/mol. The number of sulfonamides is 1. The molecule has 2 N–H and O–H groups in total. The number of amides is 4. The molecule has 0 aliphatic carbocycles. The fourth-order valence-corrected chi connectivity index (χ4v) is 6.18. The van der Waals surface area contributed by atoms with Crippen molar-refractivity contribution in [2.75, 3.05) is 18.7 Å². The zero-order valence-electron chi connectivity index (χ0n) is 22.0. The van der Waals surface area contributed by atoms with Gasteiger partial charge in [0.2, 0.25) is 15.9 Å². The number of halogens is 2. The molecule has 3 rings (SSSR count). The van der Waals surface area contributed by atoms with Crippen molar-refractivity contribution in [1.82, 2.24) is 9.21 Å². The predicted octanol–water partition coefficient (Wildman–Crippen LogP) is 3.76. The SMILES string of the molecule is CC(C)(c1cc(Cl)c(OCCCl)c(C#N)c1)c1ccc(CN2C(=O)N(S(C)(=O)=O)C(C)(C)C2=O)c(C(N)=O)c1. The van der Waals surface area contributed by atoms with Gasteiger partial charge in [-0.1, -0.05) is 37.6 Å². The monoisotopic (exact) mass is 594 g/mol. The molecule has 0 spiro atoms. The first-order valence-corrected chi connectivity index (χ1v) is 14.5. The average molecular weight is 596 g/mol. The number of primary amides is 1. The molecule has 1 fully saturated rings. The van der Waals surface area contributed by atoms with Crippen molar-refractivity contribution in [3.8, 4) is 11.8 Å². The number of urea groups is 1. The highest BCUT2D eigenvalue weighted by Gasteiger charge is 2.55. The van der Waals surface area contributed by atoms with Gasteiger partial charge in [0, 0.05) is 11.0 Å². The second-order valence-electron chi connectivity index (χ2n) is 10.1. The van der Waals surface area contributed by atoms with E-state index in [0.717, 1.165) is 11.2 Å². The molecule has 1 aliphatic rings. The van der Waals surface area contributed by atoms with Crippen LogP contribution in [0.3, 0.4) is 0 Å². The van der Waals surface area contributed by atoms with Crippen molar-refractivity contribution in [1.29, 1.82) is 5.26 Å². The van der Waals surface area contributed by atoms with Crippen LogP contribution in [0, 0.1) is 11.3 Å². The average Bonchev–Trinajstić information content (AvgIpc) is 3.01. The number of carbonyl (C=O) groups is 3. The van der Waals surface area contributed by atoms with Crippen molar-refractivity contribution in [3.63, 3.8) is 0 Å². The lowest BCUT2D eigenvalue weighted by atomic mass is 9.76. The van der Waals surface area contributed by atoms with Crippen molar-refractivity contribution in [2.24, 2.45) is 5.73 Å². The molecule has 0 atom stereocenters. The number of rotatable bonds is 9. The third-order valence-corrected chi connectivity index (χ3v) is 8.36. The van der Waals surface area contributed by atoms with Crippen LogP contribution >= 0.6 is 23.2 Å². The molecule has 1 saturated heterocycles. The zero-order chi connectivity index (χ0) is 29.5. The Kier molecular flexibility index (Phi) is 8.27. The minimum atomic E-state index is -4.04. The number of hydrogen-bond acceptors (Lipinski definition) is 7. The number of ether oxygens (including phenoxy) is 1. The number of imide groups is 1. The van der Waals surface area contributed by atoms with Crippen LogP contribution in [0.5, 0.6) is 5.75 Å². The molecule has 13 heteroatoms. The van der Waals surface area contributed by atoms with Crippen molar-refractivity contribution in [2.45, 2.75) is 45.2 Å². The van der Waals surface area contributed by atoms with E-state index in [2.05, 4.69) is 6.07 Å². The molecule has 0 radical (unpaired) electrons. The van der Waals surface area contributed by atoms with E-state index in [-0.39, 0.29) is 46.5 Å². The summed E-state index contributed by atoms with van der Waals surface area (Å²) in [4.78, 5) is 39.2. The Labute approximate surface area is 237 Å². The zero-order valence-corrected chi connectivity index (χ0v) is 24.4. The van der Waals surface area contributed by atoms with Gasteiger partial charge in [0.25, 0.3) is 5.91 Å². The van der Waals surface area contributed by atoms with Gasteiger partial charge in [0.15, 0.2) is 5.75 Å². The summed E-state index contributed by atoms with van der Waals surface area (Å²) in [6, 6.07) is 9.15. The van der Waals surface area contributed by atoms with E-state index < -0.39 is 38.8 Å². The first-order valence-electron chi connectivity index (χ1n) is 11.7. The number of hydrogen-bond donors (Lipinski definition) is 1. The van der Waals surface area contributed by atoms with Gasteiger partial charge in [-0.3, -0.25) is 14.5 Å². The largest absolute Gasteiger partial charge is 0.489 e. The number of carbonyl (C=O) groups excluding carboxylic acids is 3. The molecule has 1 aliphatic heterocycles. The van der Waals surface area contributed by atoms with Gasteiger partial charge < -0.3 is 10.5 Å². The first-order chi connectivity index (χ1) is 18.0. The lowest BCUT2D eigenvalue weighted by Gasteiger charge is -2.28. The number of alkyl halides is 1. The number of benzene rings is 2. The highest BCUT2D eigenvalue weighted by molar-refractivity contribution is 7.89. The minimum absolute atomic E-state index is 0.0467. The molecular formula is C26H28Cl2N4O6S. The summed E-state index contributed by atoms with van der Waals surface area (Å²) >= 11 is 12.1. The number of nitrogens with two attached hydrogens (primary N) is 1. The topological polar surface area (TPSA) is 151 Å². The Morgan fingerprint density at radius 3 is 2.33 bits per heavy atom. The molecule has 39 heavy (non-hydrogen) atoms. The molecule has 2 aromatic rings. The van der Waals surface area contributed by atoms with Crippen molar-refractivity contribution < 1.29 is 27.5 Å². The summed E-state index contributed by atoms with van der Waals surface area (Å²) in [6.45, 7) is 6.20. The second kappa shape index (κ2) is 10.7. The van der Waals surface area contributed by atoms with Crippen LogP contribution in [0.25, 0.3) is 0 Å². The van der Waals surface area contributed by atoms with Crippen molar-refractivity contribution in [3.05, 3.63) is 63.2 Å². The molecule has 208 valence electrons. The Bertz CT molecular complexity index is 1520. The number of nitrogens with zero attached hydrogens (tertiary/aromatic N) is 3. The van der Waals surface area contributed by atoms with Crippen LogP contribution in [0.4, 0.5) is 4.79 Å². The van der Waals surface area contributed by atoms with Gasteiger partial charge in [0.05, 0.1) is 29.3 Å². The molecule has 1 heterocycles. The lowest BCUT2D eigenvalue weighted by molar-refractivity contribution is -0.131. The van der Waals surface area contributed by atoms with Crippen LogP contribution in [0.15, 0.2) is 30.3 Å². The Hall–Kier alpha value is -3.33. The molecule has 2 aromatic carbocycles. The quantitative estimate of drug-likeness (QED) is 0.343. The minimum Gasteiger partial charge on any atom is -0.489 e. The van der Waals surface area contributed by atoms with E-state index >= 15 is 0 Å². The summed E-state index contributed by atoms with van der Waals surface area (Å²) < 4.78 is 30.5. The van der Waals surface area contributed by atoms with Crippen LogP contribution in [0.2, 0.25) is 5.02 Å². The standard InChI is InChI=1S/C26H28Cl2N4O6S/c1-25(2,18-10-16(13-29)21(20(28)12-18)38-9-8-27)17-7-6-15(19(11-17)22(30)33)14-31-23(34)26(3,4)32(24(31)35)39(5,36)37/h6-7,10-12H,8-9,14H2,1-5H3,(H2,30,33). The van der Waals surface area contributed by atoms with Gasteiger partial charge in [-0.15, -0.1) is 11.6 Å². The van der Waals surface area contributed by atoms with Gasteiger partial charge in [-0.05, 0) is 48.7 Å². The highest BCUT2D eigenvalue weighted by Crippen LogP contribution is 2.39. The maximum absolute atomic E-state index is 13.0. The van der Waals surface area contributed by atoms with E-state index in [1.807, 2.05) is 13.8 Å². The molecule has 0 aromatic heterocycles. The Balaban J connectivity index is 2.04. The fraction of sp³-hybridized carbons (Fsp3) is 0.385. The third kappa shape index (κ3) is 5.55. The summed E-state index contributed by atoms with van der Waals surface area (Å²) in [7, 11) is -4.04. The number of nitriles is 1. The third-order valence-electron chi connectivity index (χ3n) is 6.65. The van der Waals surface area contributed by atoms with E-state index in [1.54, 1.807) is 30.3 Å². The van der Waals surface area contributed by atoms with Gasteiger partial charge in [0.1, 0.15) is 18.2 Å². The molecular weight excluding hydrogens is 567 g/mol. The maximum atomic E-state index is 13.0. The molecule has 0 unspecified atom stereocenters. The van der Waals surface area contributed by atoms with Crippen LogP contribution < -0.4 is 10.5 Å². The van der Waals surface area contributed by atoms with E-state index in [9.17, 15) is 28.1 Å². The Morgan fingerprint density at radius 1 is 1.18 bits per heavy atom. The van der Waals surface area contributed by atoms with Crippen LogP contribution in [-0.4, -0.2) is 59.7 Å². The smallest absolute Gasteiger partial charge is 0.341 e. The highest BCUT2D eigenvalue weighted by atomic mass is 35.5. The summed E-state index contributed by atoms with van der Waals surface area (Å²) in [5.41, 5.74) is 5.07. The normalized spacial score (nSPS) is 15.4. The van der Waals surface area contributed by atoms with Gasteiger partial charge >= 0.3 is 6.03 Å². The summed E-state index contributed by atoms with van der Waals surface area (Å²) in [5, 5.41) is 9.88.